The Hall–Kier alpha value is -0.0800. The van der Waals surface area contributed by atoms with E-state index in [2.05, 4.69) is 19.2 Å². The molecule has 2 nitrogen and oxygen atoms in total. The summed E-state index contributed by atoms with van der Waals surface area (Å²) in [7, 11) is 1.77. The van der Waals surface area contributed by atoms with Crippen LogP contribution in [0.2, 0.25) is 0 Å². The van der Waals surface area contributed by atoms with Crippen LogP contribution in [-0.2, 0) is 4.74 Å². The first kappa shape index (κ1) is 11.0. The van der Waals surface area contributed by atoms with Crippen molar-refractivity contribution >= 4 is 0 Å². The molecule has 1 rings (SSSR count). The van der Waals surface area contributed by atoms with E-state index in [0.29, 0.717) is 12.1 Å². The maximum Gasteiger partial charge on any atom is 0.0667 e. The van der Waals surface area contributed by atoms with Crippen molar-refractivity contribution in [1.29, 1.82) is 0 Å². The number of methoxy groups -OCH3 is 1. The third-order valence-electron chi connectivity index (χ3n) is 3.24. The SMILES string of the molecule is COC(C)CN[C@H](C)C1CCCC1. The van der Waals surface area contributed by atoms with Gasteiger partial charge in [-0.2, -0.15) is 0 Å². The van der Waals surface area contributed by atoms with Crippen molar-refractivity contribution in [1.82, 2.24) is 5.32 Å². The minimum absolute atomic E-state index is 0.337. The summed E-state index contributed by atoms with van der Waals surface area (Å²) >= 11 is 0. The Balaban J connectivity index is 2.12. The zero-order valence-corrected chi connectivity index (χ0v) is 9.18. The molecule has 0 aliphatic heterocycles. The van der Waals surface area contributed by atoms with Crippen molar-refractivity contribution in [2.24, 2.45) is 5.92 Å². The molecule has 0 spiro atoms. The van der Waals surface area contributed by atoms with E-state index in [9.17, 15) is 0 Å². The van der Waals surface area contributed by atoms with Crippen LogP contribution in [0.25, 0.3) is 0 Å². The van der Waals surface area contributed by atoms with Crippen LogP contribution in [0.1, 0.15) is 39.5 Å². The van der Waals surface area contributed by atoms with Crippen LogP contribution in [0.4, 0.5) is 0 Å². The van der Waals surface area contributed by atoms with Gasteiger partial charge in [-0.3, -0.25) is 0 Å². The third-order valence-corrected chi connectivity index (χ3v) is 3.24. The van der Waals surface area contributed by atoms with Gasteiger partial charge in [-0.15, -0.1) is 0 Å². The lowest BCUT2D eigenvalue weighted by atomic mass is 10.00. The Morgan fingerprint density at radius 3 is 2.46 bits per heavy atom. The number of nitrogens with one attached hydrogen (secondary N) is 1. The highest BCUT2D eigenvalue weighted by Gasteiger charge is 2.21. The molecule has 1 saturated carbocycles. The summed E-state index contributed by atoms with van der Waals surface area (Å²) in [5.41, 5.74) is 0. The highest BCUT2D eigenvalue weighted by atomic mass is 16.5. The summed E-state index contributed by atoms with van der Waals surface area (Å²) in [5, 5.41) is 3.55. The molecule has 0 aromatic heterocycles. The minimum Gasteiger partial charge on any atom is -0.380 e. The van der Waals surface area contributed by atoms with Gasteiger partial charge in [-0.25, -0.2) is 0 Å². The second-order valence-corrected chi connectivity index (χ2v) is 4.29. The molecule has 0 saturated heterocycles. The van der Waals surface area contributed by atoms with Crippen molar-refractivity contribution in [3.8, 4) is 0 Å². The number of ether oxygens (including phenoxy) is 1. The Morgan fingerprint density at radius 1 is 1.31 bits per heavy atom. The highest BCUT2D eigenvalue weighted by molar-refractivity contribution is 4.77. The maximum atomic E-state index is 5.20. The maximum absolute atomic E-state index is 5.20. The average molecular weight is 185 g/mol. The molecule has 0 aromatic carbocycles. The first-order valence-corrected chi connectivity index (χ1v) is 5.50. The molecule has 2 heteroatoms. The summed E-state index contributed by atoms with van der Waals surface area (Å²) in [6, 6.07) is 0.667. The normalized spacial score (nSPS) is 23.3. The summed E-state index contributed by atoms with van der Waals surface area (Å²) in [6.45, 7) is 5.39. The van der Waals surface area contributed by atoms with Gasteiger partial charge in [0.2, 0.25) is 0 Å². The van der Waals surface area contributed by atoms with E-state index in [-0.39, 0.29) is 0 Å². The van der Waals surface area contributed by atoms with Gasteiger partial charge < -0.3 is 10.1 Å². The largest absolute Gasteiger partial charge is 0.380 e. The summed E-state index contributed by atoms with van der Waals surface area (Å²) in [4.78, 5) is 0. The standard InChI is InChI=1S/C11H23NO/c1-9(13-3)8-12-10(2)11-6-4-5-7-11/h9-12H,4-8H2,1-3H3/t9?,10-/m1/s1. The number of hydrogen-bond donors (Lipinski definition) is 1. The Kier molecular flexibility index (Phi) is 4.74. The fraction of sp³-hybridized carbons (Fsp3) is 1.00. The van der Waals surface area contributed by atoms with Crippen LogP contribution in [0.15, 0.2) is 0 Å². The molecule has 1 fully saturated rings. The highest BCUT2D eigenvalue weighted by Crippen LogP contribution is 2.27. The molecule has 1 N–H and O–H groups in total. The third kappa shape index (κ3) is 3.65. The van der Waals surface area contributed by atoms with E-state index in [1.54, 1.807) is 7.11 Å². The van der Waals surface area contributed by atoms with Gasteiger partial charge in [0, 0.05) is 19.7 Å². The first-order valence-electron chi connectivity index (χ1n) is 5.50. The summed E-state index contributed by atoms with van der Waals surface area (Å²) in [5.74, 6) is 0.907. The van der Waals surface area contributed by atoms with Gasteiger partial charge in [0.15, 0.2) is 0 Å². The predicted octanol–water partition coefficient (Wildman–Crippen LogP) is 2.19. The molecule has 13 heavy (non-hydrogen) atoms. The van der Waals surface area contributed by atoms with E-state index >= 15 is 0 Å². The Bertz CT molecular complexity index is 132. The second kappa shape index (κ2) is 5.61. The van der Waals surface area contributed by atoms with E-state index < -0.39 is 0 Å². The zero-order chi connectivity index (χ0) is 9.68. The van der Waals surface area contributed by atoms with E-state index in [0.717, 1.165) is 12.5 Å². The lowest BCUT2D eigenvalue weighted by Crippen LogP contribution is -2.37. The van der Waals surface area contributed by atoms with E-state index in [1.165, 1.54) is 25.7 Å². The number of hydrogen-bond acceptors (Lipinski definition) is 2. The minimum atomic E-state index is 0.337. The molecular weight excluding hydrogens is 162 g/mol. The molecule has 0 aromatic rings. The van der Waals surface area contributed by atoms with Crippen LogP contribution in [-0.4, -0.2) is 25.8 Å². The Morgan fingerprint density at radius 2 is 1.92 bits per heavy atom. The van der Waals surface area contributed by atoms with Gasteiger partial charge in [-0.1, -0.05) is 12.8 Å². The van der Waals surface area contributed by atoms with Crippen molar-refractivity contribution in [2.75, 3.05) is 13.7 Å². The molecule has 0 amide bonds. The Labute approximate surface area is 82.0 Å². The smallest absolute Gasteiger partial charge is 0.0667 e. The van der Waals surface area contributed by atoms with Gasteiger partial charge in [0.05, 0.1) is 6.10 Å². The number of rotatable bonds is 5. The van der Waals surface area contributed by atoms with Crippen LogP contribution in [0.3, 0.4) is 0 Å². The van der Waals surface area contributed by atoms with E-state index in [1.807, 2.05) is 0 Å². The molecule has 1 unspecified atom stereocenters. The van der Waals surface area contributed by atoms with Gasteiger partial charge in [-0.05, 0) is 32.6 Å². The molecular formula is C11H23NO. The van der Waals surface area contributed by atoms with Crippen molar-refractivity contribution < 1.29 is 4.74 Å². The quantitative estimate of drug-likeness (QED) is 0.709. The monoisotopic (exact) mass is 185 g/mol. The lowest BCUT2D eigenvalue weighted by Gasteiger charge is -2.22. The van der Waals surface area contributed by atoms with Crippen LogP contribution >= 0.6 is 0 Å². The predicted molar refractivity (Wildman–Crippen MR) is 55.9 cm³/mol. The molecule has 78 valence electrons. The van der Waals surface area contributed by atoms with E-state index in [4.69, 9.17) is 4.74 Å². The van der Waals surface area contributed by atoms with Gasteiger partial charge in [0.25, 0.3) is 0 Å². The van der Waals surface area contributed by atoms with Crippen molar-refractivity contribution in [2.45, 2.75) is 51.7 Å². The van der Waals surface area contributed by atoms with Gasteiger partial charge in [0.1, 0.15) is 0 Å². The first-order chi connectivity index (χ1) is 6.24. The zero-order valence-electron chi connectivity index (χ0n) is 9.18. The second-order valence-electron chi connectivity index (χ2n) is 4.29. The molecule has 0 radical (unpaired) electrons. The topological polar surface area (TPSA) is 21.3 Å². The van der Waals surface area contributed by atoms with Crippen LogP contribution < -0.4 is 5.32 Å². The van der Waals surface area contributed by atoms with Crippen LogP contribution in [0.5, 0.6) is 0 Å². The average Bonchev–Trinajstić information content (AvgIpc) is 2.66. The summed E-state index contributed by atoms with van der Waals surface area (Å²) in [6.07, 6.45) is 6.02. The molecule has 0 bridgehead atoms. The molecule has 1 aliphatic carbocycles. The fourth-order valence-electron chi connectivity index (χ4n) is 2.06. The van der Waals surface area contributed by atoms with Crippen molar-refractivity contribution in [3.63, 3.8) is 0 Å². The van der Waals surface area contributed by atoms with Crippen molar-refractivity contribution in [3.05, 3.63) is 0 Å². The lowest BCUT2D eigenvalue weighted by molar-refractivity contribution is 0.112. The van der Waals surface area contributed by atoms with Gasteiger partial charge >= 0.3 is 0 Å². The molecule has 0 heterocycles. The summed E-state index contributed by atoms with van der Waals surface area (Å²) < 4.78 is 5.20. The van der Waals surface area contributed by atoms with Crippen LogP contribution in [0, 0.1) is 5.92 Å². The molecule has 1 aliphatic rings. The molecule has 2 atom stereocenters. The fourth-order valence-corrected chi connectivity index (χ4v) is 2.06.